The summed E-state index contributed by atoms with van der Waals surface area (Å²) in [6.45, 7) is 10.5. The van der Waals surface area contributed by atoms with Crippen LogP contribution < -0.4 is 4.74 Å². The average molecular weight is 386 g/mol. The van der Waals surface area contributed by atoms with Crippen LogP contribution >= 0.6 is 0 Å². The Bertz CT molecular complexity index is 870. The highest BCUT2D eigenvalue weighted by atomic mass is 16.5. The SMILES string of the molecule is CC(C)CC(=O)c1c(O)c(C=O)c(O)c2c1O[C@]1(C)[C@H](C2)C[C@@]2(C(C)C)C[C@H]21. The third-order valence-corrected chi connectivity index (χ3v) is 7.69. The first-order chi connectivity index (χ1) is 13.1. The number of fused-ring (bicyclic) bond motifs is 4. The van der Waals surface area contributed by atoms with Crippen LogP contribution in [-0.2, 0) is 6.42 Å². The van der Waals surface area contributed by atoms with E-state index in [0.717, 1.165) is 12.8 Å². The summed E-state index contributed by atoms with van der Waals surface area (Å²) in [6, 6.07) is 0. The summed E-state index contributed by atoms with van der Waals surface area (Å²) in [7, 11) is 0. The van der Waals surface area contributed by atoms with Crippen molar-refractivity contribution in [1.29, 1.82) is 0 Å². The lowest BCUT2D eigenvalue weighted by molar-refractivity contribution is 0.00722. The normalized spacial score (nSPS) is 32.5. The molecule has 28 heavy (non-hydrogen) atoms. The average Bonchev–Trinajstić information content (AvgIpc) is 3.27. The molecule has 0 saturated heterocycles. The Hall–Kier alpha value is -2.04. The number of ketones is 1. The molecule has 2 saturated carbocycles. The zero-order valence-electron chi connectivity index (χ0n) is 17.3. The van der Waals surface area contributed by atoms with Gasteiger partial charge >= 0.3 is 0 Å². The summed E-state index contributed by atoms with van der Waals surface area (Å²) in [6.07, 6.45) is 3.37. The van der Waals surface area contributed by atoms with Gasteiger partial charge in [0, 0.05) is 23.8 Å². The number of carbonyl (C=O) groups excluding carboxylic acids is 2. The van der Waals surface area contributed by atoms with Crippen LogP contribution in [0.1, 0.15) is 80.2 Å². The lowest BCUT2D eigenvalue weighted by Gasteiger charge is -2.41. The number of Topliss-reactive ketones (excluding diaryl/α,β-unsaturated/α-hetero) is 1. The van der Waals surface area contributed by atoms with Crippen LogP contribution in [0.5, 0.6) is 17.2 Å². The van der Waals surface area contributed by atoms with E-state index in [9.17, 15) is 19.8 Å². The third kappa shape index (κ3) is 2.37. The molecule has 1 aliphatic heterocycles. The summed E-state index contributed by atoms with van der Waals surface area (Å²) in [5.74, 6) is 0.625. The minimum absolute atomic E-state index is 0.0611. The van der Waals surface area contributed by atoms with Crippen LogP contribution in [0, 0.1) is 29.1 Å². The van der Waals surface area contributed by atoms with Crippen LogP contribution in [0.3, 0.4) is 0 Å². The number of aldehydes is 1. The molecule has 1 aromatic carbocycles. The van der Waals surface area contributed by atoms with Crippen molar-refractivity contribution in [2.45, 2.75) is 65.9 Å². The van der Waals surface area contributed by atoms with E-state index in [1.54, 1.807) is 0 Å². The predicted molar refractivity (Wildman–Crippen MR) is 105 cm³/mol. The quantitative estimate of drug-likeness (QED) is 0.574. The Morgan fingerprint density at radius 3 is 2.46 bits per heavy atom. The molecule has 2 N–H and O–H groups in total. The summed E-state index contributed by atoms with van der Waals surface area (Å²) in [4.78, 5) is 24.5. The molecule has 5 heteroatoms. The van der Waals surface area contributed by atoms with Gasteiger partial charge in [-0.05, 0) is 43.4 Å². The first kappa shape index (κ1) is 19.3. The van der Waals surface area contributed by atoms with Gasteiger partial charge in [0.05, 0.1) is 5.56 Å². The fourth-order valence-electron chi connectivity index (χ4n) is 5.96. The lowest BCUT2D eigenvalue weighted by Crippen LogP contribution is -2.44. The number of hydrogen-bond acceptors (Lipinski definition) is 5. The van der Waals surface area contributed by atoms with Crippen LogP contribution in [-0.4, -0.2) is 27.9 Å². The second-order valence-corrected chi connectivity index (χ2v) is 9.97. The van der Waals surface area contributed by atoms with Gasteiger partial charge in [0.2, 0.25) is 0 Å². The van der Waals surface area contributed by atoms with Gasteiger partial charge in [-0.1, -0.05) is 27.7 Å². The molecular formula is C23H30O5. The van der Waals surface area contributed by atoms with Crippen LogP contribution in [0.2, 0.25) is 0 Å². The number of rotatable bonds is 5. The molecule has 1 aromatic rings. The van der Waals surface area contributed by atoms with E-state index in [0.29, 0.717) is 30.1 Å². The second-order valence-electron chi connectivity index (χ2n) is 9.97. The van der Waals surface area contributed by atoms with E-state index in [-0.39, 0.29) is 52.1 Å². The van der Waals surface area contributed by atoms with Gasteiger partial charge in [-0.2, -0.15) is 0 Å². The molecule has 3 aliphatic rings. The summed E-state index contributed by atoms with van der Waals surface area (Å²) in [5, 5.41) is 21.3. The van der Waals surface area contributed by atoms with Gasteiger partial charge in [-0.15, -0.1) is 0 Å². The standard InChI is InChI=1S/C23H30O5/c1-11(2)6-16(25)18-20(27)15(10-24)19(26)14-7-13-8-23(12(3)4)9-17(23)22(13,5)28-21(14)18/h10-13,17,26-27H,6-9H2,1-5H3/t13-,17+,22-,23+/m1/s1. The van der Waals surface area contributed by atoms with Crippen molar-refractivity contribution < 1.29 is 24.5 Å². The molecule has 1 heterocycles. The molecule has 4 atom stereocenters. The highest BCUT2D eigenvalue weighted by Crippen LogP contribution is 2.75. The van der Waals surface area contributed by atoms with Crippen molar-refractivity contribution in [3.05, 3.63) is 16.7 Å². The number of ether oxygens (including phenoxy) is 1. The van der Waals surface area contributed by atoms with Crippen molar-refractivity contribution >= 4 is 12.1 Å². The van der Waals surface area contributed by atoms with E-state index < -0.39 is 11.4 Å². The van der Waals surface area contributed by atoms with Crippen molar-refractivity contribution in [3.63, 3.8) is 0 Å². The van der Waals surface area contributed by atoms with Crippen molar-refractivity contribution in [3.8, 4) is 17.2 Å². The number of phenols is 2. The van der Waals surface area contributed by atoms with Crippen molar-refractivity contribution in [2.75, 3.05) is 0 Å². The van der Waals surface area contributed by atoms with Crippen LogP contribution in [0.25, 0.3) is 0 Å². The smallest absolute Gasteiger partial charge is 0.170 e. The molecule has 4 rings (SSSR count). The minimum Gasteiger partial charge on any atom is -0.507 e. The Morgan fingerprint density at radius 1 is 1.21 bits per heavy atom. The number of aromatic hydroxyl groups is 2. The molecule has 0 bridgehead atoms. The summed E-state index contributed by atoms with van der Waals surface area (Å²) < 4.78 is 6.51. The Labute approximate surface area is 166 Å². The zero-order valence-corrected chi connectivity index (χ0v) is 17.3. The minimum atomic E-state index is -0.456. The van der Waals surface area contributed by atoms with Gasteiger partial charge in [0.1, 0.15) is 28.4 Å². The molecule has 0 amide bonds. The third-order valence-electron chi connectivity index (χ3n) is 7.69. The lowest BCUT2D eigenvalue weighted by atomic mass is 9.77. The number of benzene rings is 1. The Morgan fingerprint density at radius 2 is 1.89 bits per heavy atom. The maximum atomic E-state index is 12.9. The molecule has 0 aromatic heterocycles. The van der Waals surface area contributed by atoms with Gasteiger partial charge in [0.25, 0.3) is 0 Å². The van der Waals surface area contributed by atoms with Crippen LogP contribution in [0.15, 0.2) is 0 Å². The molecular weight excluding hydrogens is 356 g/mol. The van der Waals surface area contributed by atoms with Crippen molar-refractivity contribution in [2.24, 2.45) is 29.1 Å². The van der Waals surface area contributed by atoms with E-state index in [1.165, 1.54) is 0 Å². The first-order valence-electron chi connectivity index (χ1n) is 10.3. The van der Waals surface area contributed by atoms with Gasteiger partial charge < -0.3 is 14.9 Å². The second kappa shape index (κ2) is 5.98. The fraction of sp³-hybridized carbons (Fsp3) is 0.652. The topological polar surface area (TPSA) is 83.8 Å². The molecule has 152 valence electrons. The molecule has 2 fully saturated rings. The van der Waals surface area contributed by atoms with Crippen LogP contribution in [0.4, 0.5) is 0 Å². The summed E-state index contributed by atoms with van der Waals surface area (Å²) in [5.41, 5.74) is 0.195. The predicted octanol–water partition coefficient (Wildman–Crippen LogP) is 4.51. The molecule has 0 spiro atoms. The Kier molecular flexibility index (Phi) is 4.12. The first-order valence-corrected chi connectivity index (χ1v) is 10.3. The molecule has 5 nitrogen and oxygen atoms in total. The molecule has 0 unspecified atom stereocenters. The number of carbonyl (C=O) groups is 2. The van der Waals surface area contributed by atoms with Gasteiger partial charge in [0.15, 0.2) is 12.1 Å². The number of phenolic OH excluding ortho intramolecular Hbond substituents is 2. The van der Waals surface area contributed by atoms with E-state index in [1.807, 2.05) is 13.8 Å². The van der Waals surface area contributed by atoms with Crippen molar-refractivity contribution in [1.82, 2.24) is 0 Å². The van der Waals surface area contributed by atoms with Gasteiger partial charge in [-0.3, -0.25) is 9.59 Å². The Balaban J connectivity index is 1.85. The van der Waals surface area contributed by atoms with E-state index >= 15 is 0 Å². The van der Waals surface area contributed by atoms with E-state index in [4.69, 9.17) is 4.74 Å². The highest BCUT2D eigenvalue weighted by molar-refractivity contribution is 6.05. The maximum Gasteiger partial charge on any atom is 0.170 e. The summed E-state index contributed by atoms with van der Waals surface area (Å²) >= 11 is 0. The maximum absolute atomic E-state index is 12.9. The largest absolute Gasteiger partial charge is 0.507 e. The van der Waals surface area contributed by atoms with Gasteiger partial charge in [-0.25, -0.2) is 0 Å². The highest BCUT2D eigenvalue weighted by Gasteiger charge is 2.73. The molecule has 0 radical (unpaired) electrons. The number of hydrogen-bond donors (Lipinski definition) is 2. The zero-order chi connectivity index (χ0) is 20.6. The monoisotopic (exact) mass is 386 g/mol. The fourth-order valence-corrected chi connectivity index (χ4v) is 5.96. The van der Waals surface area contributed by atoms with E-state index in [2.05, 4.69) is 20.8 Å². The molecule has 2 aliphatic carbocycles.